The number of thioether (sulfide) groups is 1. The summed E-state index contributed by atoms with van der Waals surface area (Å²) >= 11 is 1.66. The number of hydrogen-bond acceptors (Lipinski definition) is 6. The number of ether oxygens (including phenoxy) is 2. The van der Waals surface area contributed by atoms with Crippen molar-refractivity contribution in [3.05, 3.63) is 64.7 Å². The molecule has 150 valence electrons. The number of carbonyl (C=O) groups excluding carboxylic acids is 1. The van der Waals surface area contributed by atoms with Crippen molar-refractivity contribution in [2.75, 3.05) is 26.5 Å². The van der Waals surface area contributed by atoms with Crippen LogP contribution < -0.4 is 15.0 Å². The number of aromatic nitrogens is 2. The molecule has 1 fully saturated rings. The Labute approximate surface area is 172 Å². The predicted octanol–water partition coefficient (Wildman–Crippen LogP) is 2.69. The molecule has 1 unspecified atom stereocenters. The molecule has 8 heteroatoms. The molecule has 1 aliphatic rings. The van der Waals surface area contributed by atoms with Crippen LogP contribution in [0.15, 0.2) is 53.6 Å². The van der Waals surface area contributed by atoms with E-state index in [2.05, 4.69) is 4.98 Å². The summed E-state index contributed by atoms with van der Waals surface area (Å²) in [5, 5.41) is 0.307. The van der Waals surface area contributed by atoms with E-state index in [9.17, 15) is 9.59 Å². The number of carbonyl (C=O) groups is 1. The predicted molar refractivity (Wildman–Crippen MR) is 112 cm³/mol. The van der Waals surface area contributed by atoms with Crippen molar-refractivity contribution in [2.24, 2.45) is 0 Å². The molecule has 1 saturated heterocycles. The summed E-state index contributed by atoms with van der Waals surface area (Å²) in [5.41, 5.74) is 1.29. The molecule has 0 N–H and O–H groups in total. The zero-order valence-electron chi connectivity index (χ0n) is 16.2. The van der Waals surface area contributed by atoms with E-state index in [1.54, 1.807) is 49.1 Å². The van der Waals surface area contributed by atoms with Gasteiger partial charge in [-0.25, -0.2) is 4.98 Å². The molecule has 29 heavy (non-hydrogen) atoms. The maximum atomic E-state index is 13.1. The molecule has 1 atom stereocenters. The van der Waals surface area contributed by atoms with Crippen molar-refractivity contribution in [3.63, 3.8) is 0 Å². The van der Waals surface area contributed by atoms with Gasteiger partial charge in [-0.05, 0) is 30.3 Å². The highest BCUT2D eigenvalue weighted by molar-refractivity contribution is 7.99. The molecule has 7 nitrogen and oxygen atoms in total. The summed E-state index contributed by atoms with van der Waals surface area (Å²) in [4.78, 5) is 31.9. The topological polar surface area (TPSA) is 73.7 Å². The fourth-order valence-corrected chi connectivity index (χ4v) is 4.76. The first-order valence-electron chi connectivity index (χ1n) is 9.19. The summed E-state index contributed by atoms with van der Waals surface area (Å²) in [7, 11) is 3.22. The zero-order valence-corrected chi connectivity index (χ0v) is 17.0. The molecule has 1 aliphatic heterocycles. The lowest BCUT2D eigenvalue weighted by Crippen LogP contribution is -2.36. The van der Waals surface area contributed by atoms with Crippen LogP contribution in [0.2, 0.25) is 0 Å². The van der Waals surface area contributed by atoms with Gasteiger partial charge in [-0.1, -0.05) is 12.1 Å². The number of fused-ring (bicyclic) bond motifs is 1. The minimum Gasteiger partial charge on any atom is -0.497 e. The molecule has 4 rings (SSSR count). The van der Waals surface area contributed by atoms with Crippen molar-refractivity contribution in [1.29, 1.82) is 0 Å². The Kier molecular flexibility index (Phi) is 5.44. The third-order valence-corrected chi connectivity index (χ3v) is 6.19. The fourth-order valence-electron chi connectivity index (χ4n) is 3.47. The minimum atomic E-state index is -0.216. The monoisotopic (exact) mass is 411 g/mol. The van der Waals surface area contributed by atoms with E-state index in [0.29, 0.717) is 28.9 Å². The van der Waals surface area contributed by atoms with Crippen LogP contribution in [-0.4, -0.2) is 46.9 Å². The van der Waals surface area contributed by atoms with Crippen molar-refractivity contribution in [1.82, 2.24) is 14.5 Å². The van der Waals surface area contributed by atoms with Gasteiger partial charge in [0.2, 0.25) is 5.91 Å². The molecular weight excluding hydrogens is 390 g/mol. The van der Waals surface area contributed by atoms with Crippen LogP contribution in [0.25, 0.3) is 10.9 Å². The Morgan fingerprint density at radius 1 is 1.21 bits per heavy atom. The van der Waals surface area contributed by atoms with Crippen LogP contribution in [0.1, 0.15) is 10.9 Å². The maximum absolute atomic E-state index is 13.1. The van der Waals surface area contributed by atoms with E-state index in [0.717, 1.165) is 11.3 Å². The van der Waals surface area contributed by atoms with E-state index in [1.807, 2.05) is 24.3 Å². The number of methoxy groups -OCH3 is 2. The number of amides is 1. The highest BCUT2D eigenvalue weighted by Gasteiger charge is 2.33. The average Bonchev–Trinajstić information content (AvgIpc) is 3.25. The standard InChI is InChI=1S/C21H21N3O4S/c1-27-14-7-8-18(28-2)16(11-14)21-24(9-10-29-21)19(25)12-23-13-22-17-6-4-3-5-15(17)20(23)26/h3-8,11,13,21H,9-10,12H2,1-2H3. The van der Waals surface area contributed by atoms with E-state index in [-0.39, 0.29) is 23.4 Å². The van der Waals surface area contributed by atoms with Crippen LogP contribution in [0, 0.1) is 0 Å². The third kappa shape index (κ3) is 3.67. The highest BCUT2D eigenvalue weighted by atomic mass is 32.2. The zero-order chi connectivity index (χ0) is 20.4. The quantitative estimate of drug-likeness (QED) is 0.643. The SMILES string of the molecule is COc1ccc(OC)c(C2SCCN2C(=O)Cn2cnc3ccccc3c2=O)c1. The summed E-state index contributed by atoms with van der Waals surface area (Å²) in [5.74, 6) is 2.08. The third-order valence-electron chi connectivity index (χ3n) is 4.95. The molecule has 1 amide bonds. The van der Waals surface area contributed by atoms with Gasteiger partial charge in [0.05, 0.1) is 31.4 Å². The van der Waals surface area contributed by atoms with Gasteiger partial charge in [0.15, 0.2) is 0 Å². The average molecular weight is 411 g/mol. The van der Waals surface area contributed by atoms with E-state index in [4.69, 9.17) is 9.47 Å². The van der Waals surface area contributed by atoms with Crippen molar-refractivity contribution >= 4 is 28.6 Å². The Morgan fingerprint density at radius 2 is 2.03 bits per heavy atom. The molecule has 0 radical (unpaired) electrons. The van der Waals surface area contributed by atoms with Gasteiger partial charge >= 0.3 is 0 Å². The Bertz CT molecular complexity index is 1110. The number of benzene rings is 2. The Balaban J connectivity index is 1.62. The number of nitrogens with zero attached hydrogens (tertiary/aromatic N) is 3. The molecule has 2 aromatic carbocycles. The van der Waals surface area contributed by atoms with Crippen LogP contribution in [-0.2, 0) is 11.3 Å². The van der Waals surface area contributed by atoms with Crippen molar-refractivity contribution < 1.29 is 14.3 Å². The van der Waals surface area contributed by atoms with E-state index >= 15 is 0 Å². The van der Waals surface area contributed by atoms with Crippen LogP contribution >= 0.6 is 11.8 Å². The van der Waals surface area contributed by atoms with Gasteiger partial charge in [-0.3, -0.25) is 14.2 Å². The molecule has 0 saturated carbocycles. The van der Waals surface area contributed by atoms with Gasteiger partial charge in [0.25, 0.3) is 5.56 Å². The second-order valence-electron chi connectivity index (χ2n) is 6.61. The van der Waals surface area contributed by atoms with Crippen molar-refractivity contribution in [3.8, 4) is 11.5 Å². The molecule has 2 heterocycles. The van der Waals surface area contributed by atoms with Gasteiger partial charge < -0.3 is 14.4 Å². The van der Waals surface area contributed by atoms with Gasteiger partial charge in [0.1, 0.15) is 23.4 Å². The molecular formula is C21H21N3O4S. The lowest BCUT2D eigenvalue weighted by molar-refractivity contribution is -0.132. The highest BCUT2D eigenvalue weighted by Crippen LogP contribution is 2.43. The van der Waals surface area contributed by atoms with Crippen LogP contribution in [0.3, 0.4) is 0 Å². The fraction of sp³-hybridized carbons (Fsp3) is 0.286. The van der Waals surface area contributed by atoms with Crippen molar-refractivity contribution in [2.45, 2.75) is 11.9 Å². The largest absolute Gasteiger partial charge is 0.497 e. The van der Waals surface area contributed by atoms with Gasteiger partial charge in [0, 0.05) is 17.9 Å². The molecule has 0 aliphatic carbocycles. The van der Waals surface area contributed by atoms with Crippen LogP contribution in [0.4, 0.5) is 0 Å². The second kappa shape index (κ2) is 8.16. The molecule has 0 spiro atoms. The molecule has 0 bridgehead atoms. The lowest BCUT2D eigenvalue weighted by Gasteiger charge is -2.26. The Hall–Kier alpha value is -3.00. The lowest BCUT2D eigenvalue weighted by atomic mass is 10.1. The molecule has 1 aromatic heterocycles. The first-order chi connectivity index (χ1) is 14.1. The van der Waals surface area contributed by atoms with E-state index in [1.165, 1.54) is 10.9 Å². The van der Waals surface area contributed by atoms with Gasteiger partial charge in [-0.2, -0.15) is 0 Å². The Morgan fingerprint density at radius 3 is 2.83 bits per heavy atom. The van der Waals surface area contributed by atoms with Crippen LogP contribution in [0.5, 0.6) is 11.5 Å². The summed E-state index contributed by atoms with van der Waals surface area (Å²) in [6.07, 6.45) is 1.44. The summed E-state index contributed by atoms with van der Waals surface area (Å²) in [6.45, 7) is 0.546. The summed E-state index contributed by atoms with van der Waals surface area (Å²) < 4.78 is 12.2. The number of para-hydroxylation sites is 1. The van der Waals surface area contributed by atoms with Gasteiger partial charge in [-0.15, -0.1) is 11.8 Å². The van der Waals surface area contributed by atoms with E-state index < -0.39 is 0 Å². The molecule has 3 aromatic rings. The smallest absolute Gasteiger partial charge is 0.261 e. The normalized spacial score (nSPS) is 16.2. The first kappa shape index (κ1) is 19.3. The minimum absolute atomic E-state index is 0.0555. The first-order valence-corrected chi connectivity index (χ1v) is 10.2. The number of rotatable bonds is 5. The number of hydrogen-bond donors (Lipinski definition) is 0. The maximum Gasteiger partial charge on any atom is 0.261 e. The summed E-state index contributed by atoms with van der Waals surface area (Å²) in [6, 6.07) is 12.7. The second-order valence-corrected chi connectivity index (χ2v) is 7.80.